The average molecular weight is 357 g/mol. The molecule has 0 bridgehead atoms. The number of nitrogens with one attached hydrogen (secondary N) is 1. The lowest BCUT2D eigenvalue weighted by atomic mass is 10.2. The van der Waals surface area contributed by atoms with E-state index in [9.17, 15) is 0 Å². The number of rotatable bonds is 5. The zero-order valence-electron chi connectivity index (χ0n) is 14.3. The molecule has 0 fully saturated rings. The minimum absolute atomic E-state index is 0.398. The molecule has 25 heavy (non-hydrogen) atoms. The van der Waals surface area contributed by atoms with Crippen molar-refractivity contribution in [2.75, 3.05) is 32.9 Å². The van der Waals surface area contributed by atoms with Gasteiger partial charge in [-0.2, -0.15) is 0 Å². The second kappa shape index (κ2) is 7.40. The van der Waals surface area contributed by atoms with Crippen molar-refractivity contribution >= 4 is 28.9 Å². The van der Waals surface area contributed by atoms with Crippen LogP contribution in [0.2, 0.25) is 0 Å². The molecule has 0 unspecified atom stereocenters. The molecule has 1 heterocycles. The van der Waals surface area contributed by atoms with Gasteiger partial charge in [0.05, 0.1) is 27.0 Å². The number of benzene rings is 2. The molecule has 0 saturated carbocycles. The predicted molar refractivity (Wildman–Crippen MR) is 102 cm³/mol. The number of anilines is 1. The Kier molecular flexibility index (Phi) is 5.04. The lowest BCUT2D eigenvalue weighted by molar-refractivity contribution is 0.324. The predicted octanol–water partition coefficient (Wildman–Crippen LogP) is 2.81. The number of ether oxygens (including phenoxy) is 3. The Morgan fingerprint density at radius 3 is 2.16 bits per heavy atom. The Morgan fingerprint density at radius 1 is 1.00 bits per heavy atom. The molecule has 0 aliphatic carbocycles. The average Bonchev–Trinajstić information content (AvgIpc) is 2.67. The highest BCUT2D eigenvalue weighted by atomic mass is 32.1. The normalized spacial score (nSPS) is 13.8. The Balaban J connectivity index is 1.93. The van der Waals surface area contributed by atoms with Crippen LogP contribution in [0.5, 0.6) is 17.2 Å². The summed E-state index contributed by atoms with van der Waals surface area (Å²) in [6, 6.07) is 13.6. The maximum Gasteiger partial charge on any atom is 0.203 e. The minimum atomic E-state index is 0.398. The van der Waals surface area contributed by atoms with Crippen LogP contribution in [0.25, 0.3) is 0 Å². The Bertz CT molecular complexity index is 783. The number of aliphatic imine (C=N–C) groups is 1. The summed E-state index contributed by atoms with van der Waals surface area (Å²) >= 11 is 5.53. The van der Waals surface area contributed by atoms with Gasteiger partial charge in [-0.15, -0.1) is 0 Å². The Labute approximate surface area is 152 Å². The first-order chi connectivity index (χ1) is 12.2. The maximum atomic E-state index is 5.53. The van der Waals surface area contributed by atoms with Crippen molar-refractivity contribution in [1.82, 2.24) is 5.32 Å². The number of nitrogens with zero attached hydrogens (tertiary/aromatic N) is 2. The van der Waals surface area contributed by atoms with Crippen LogP contribution in [0.4, 0.5) is 5.69 Å². The molecule has 2 aromatic carbocycles. The Morgan fingerprint density at radius 2 is 1.64 bits per heavy atom. The smallest absolute Gasteiger partial charge is 0.203 e. The van der Waals surface area contributed by atoms with Crippen LogP contribution in [0, 0.1) is 0 Å². The zero-order valence-corrected chi connectivity index (χ0v) is 15.1. The molecule has 7 heteroatoms. The number of amidine groups is 1. The monoisotopic (exact) mass is 357 g/mol. The van der Waals surface area contributed by atoms with Crippen LogP contribution in [-0.4, -0.2) is 38.9 Å². The third-order valence-corrected chi connectivity index (χ3v) is 4.17. The van der Waals surface area contributed by atoms with E-state index in [1.165, 1.54) is 0 Å². The minimum Gasteiger partial charge on any atom is -0.493 e. The second-order valence-corrected chi connectivity index (χ2v) is 5.64. The van der Waals surface area contributed by atoms with E-state index >= 15 is 0 Å². The standard InChI is InChI=1S/C18H19N3O3S/c1-22-14-9-13(10-15(23-2)16(14)24-3)21-11-19-17(20-18(21)25)12-7-5-4-6-8-12/h4-10H,11H2,1-3H3,(H,19,20,25). The second-order valence-electron chi connectivity index (χ2n) is 5.26. The van der Waals surface area contributed by atoms with E-state index in [4.69, 9.17) is 26.4 Å². The maximum absolute atomic E-state index is 5.53. The molecule has 0 radical (unpaired) electrons. The molecule has 1 aliphatic heterocycles. The van der Waals surface area contributed by atoms with Crippen molar-refractivity contribution in [2.24, 2.45) is 4.99 Å². The first-order valence-corrected chi connectivity index (χ1v) is 8.07. The van der Waals surface area contributed by atoms with Crippen molar-refractivity contribution in [3.8, 4) is 17.2 Å². The summed E-state index contributed by atoms with van der Waals surface area (Å²) in [6.07, 6.45) is 0. The van der Waals surface area contributed by atoms with Crippen LogP contribution in [0.3, 0.4) is 0 Å². The lowest BCUT2D eigenvalue weighted by Gasteiger charge is -2.30. The summed E-state index contributed by atoms with van der Waals surface area (Å²) < 4.78 is 16.2. The van der Waals surface area contributed by atoms with Crippen LogP contribution in [0.15, 0.2) is 47.5 Å². The molecule has 0 atom stereocenters. The zero-order chi connectivity index (χ0) is 17.8. The van der Waals surface area contributed by atoms with E-state index < -0.39 is 0 Å². The molecular weight excluding hydrogens is 338 g/mol. The van der Waals surface area contributed by atoms with E-state index in [-0.39, 0.29) is 0 Å². The highest BCUT2D eigenvalue weighted by Crippen LogP contribution is 2.41. The Hall–Kier alpha value is -2.80. The quantitative estimate of drug-likeness (QED) is 0.831. The molecule has 0 saturated heterocycles. The largest absolute Gasteiger partial charge is 0.493 e. The van der Waals surface area contributed by atoms with Crippen molar-refractivity contribution in [1.29, 1.82) is 0 Å². The molecule has 6 nitrogen and oxygen atoms in total. The fourth-order valence-corrected chi connectivity index (χ4v) is 2.86. The lowest BCUT2D eigenvalue weighted by Crippen LogP contribution is -2.47. The van der Waals surface area contributed by atoms with E-state index in [0.717, 1.165) is 17.1 Å². The van der Waals surface area contributed by atoms with E-state index in [1.807, 2.05) is 47.4 Å². The summed E-state index contributed by atoms with van der Waals surface area (Å²) in [7, 11) is 4.74. The summed E-state index contributed by atoms with van der Waals surface area (Å²) in [5, 5.41) is 3.74. The molecule has 0 spiro atoms. The number of thiocarbonyl (C=S) groups is 1. The van der Waals surface area contributed by atoms with Crippen LogP contribution in [-0.2, 0) is 0 Å². The van der Waals surface area contributed by atoms with Crippen molar-refractivity contribution < 1.29 is 14.2 Å². The molecule has 1 aliphatic rings. The van der Waals surface area contributed by atoms with Gasteiger partial charge < -0.3 is 19.5 Å². The number of methoxy groups -OCH3 is 3. The molecule has 2 aromatic rings. The van der Waals surface area contributed by atoms with Crippen LogP contribution >= 0.6 is 12.2 Å². The molecule has 130 valence electrons. The summed E-state index contributed by atoms with van der Waals surface area (Å²) in [5.74, 6) is 2.43. The fourth-order valence-electron chi connectivity index (χ4n) is 2.60. The fraction of sp³-hybridized carbons (Fsp3) is 0.222. The van der Waals surface area contributed by atoms with Gasteiger partial charge in [0, 0.05) is 17.7 Å². The molecule has 3 rings (SSSR count). The molecule has 0 amide bonds. The number of hydrogen-bond acceptors (Lipinski definition) is 5. The van der Waals surface area contributed by atoms with E-state index in [1.54, 1.807) is 21.3 Å². The topological polar surface area (TPSA) is 55.3 Å². The third kappa shape index (κ3) is 3.36. The van der Waals surface area contributed by atoms with Gasteiger partial charge in [0.25, 0.3) is 0 Å². The van der Waals surface area contributed by atoms with Gasteiger partial charge in [-0.1, -0.05) is 30.3 Å². The highest BCUT2D eigenvalue weighted by molar-refractivity contribution is 7.80. The highest BCUT2D eigenvalue weighted by Gasteiger charge is 2.22. The van der Waals surface area contributed by atoms with Gasteiger partial charge in [-0.3, -0.25) is 4.90 Å². The van der Waals surface area contributed by atoms with Gasteiger partial charge in [-0.05, 0) is 12.2 Å². The van der Waals surface area contributed by atoms with Gasteiger partial charge >= 0.3 is 0 Å². The third-order valence-electron chi connectivity index (χ3n) is 3.85. The van der Waals surface area contributed by atoms with E-state index in [0.29, 0.717) is 29.0 Å². The van der Waals surface area contributed by atoms with Gasteiger partial charge in [0.15, 0.2) is 16.6 Å². The molecule has 1 N–H and O–H groups in total. The SMILES string of the molecule is COc1cc(N2CN=C(c3ccccc3)NC2=S)cc(OC)c1OC. The van der Waals surface area contributed by atoms with Crippen molar-refractivity contribution in [3.63, 3.8) is 0 Å². The summed E-state index contributed by atoms with van der Waals surface area (Å²) in [6.45, 7) is 0.398. The van der Waals surface area contributed by atoms with Gasteiger partial charge in [-0.25, -0.2) is 4.99 Å². The van der Waals surface area contributed by atoms with Crippen LogP contribution < -0.4 is 24.4 Å². The van der Waals surface area contributed by atoms with Crippen molar-refractivity contribution in [2.45, 2.75) is 0 Å². The van der Waals surface area contributed by atoms with Gasteiger partial charge in [0.1, 0.15) is 12.5 Å². The van der Waals surface area contributed by atoms with Gasteiger partial charge in [0.2, 0.25) is 5.75 Å². The summed E-state index contributed by atoms with van der Waals surface area (Å²) in [5.41, 5.74) is 1.80. The summed E-state index contributed by atoms with van der Waals surface area (Å²) in [4.78, 5) is 6.46. The van der Waals surface area contributed by atoms with Crippen LogP contribution in [0.1, 0.15) is 5.56 Å². The first-order valence-electron chi connectivity index (χ1n) is 7.66. The van der Waals surface area contributed by atoms with Crippen molar-refractivity contribution in [3.05, 3.63) is 48.0 Å². The van der Waals surface area contributed by atoms with E-state index in [2.05, 4.69) is 10.3 Å². The first kappa shape index (κ1) is 17.0. The molecule has 0 aromatic heterocycles. The molecular formula is C18H19N3O3S. The number of hydrogen-bond donors (Lipinski definition) is 1.